The SMILES string of the molecule is COc1cccc(C#N)c1Nc1cc(F)ccc1N. The monoisotopic (exact) mass is 257 g/mol. The molecule has 0 aromatic heterocycles. The van der Waals surface area contributed by atoms with Gasteiger partial charge < -0.3 is 15.8 Å². The topological polar surface area (TPSA) is 71.1 Å². The molecule has 0 aliphatic heterocycles. The van der Waals surface area contributed by atoms with E-state index in [1.54, 1.807) is 18.2 Å². The molecule has 0 saturated heterocycles. The van der Waals surface area contributed by atoms with Gasteiger partial charge in [0.1, 0.15) is 17.6 Å². The van der Waals surface area contributed by atoms with Gasteiger partial charge in [-0.25, -0.2) is 4.39 Å². The van der Waals surface area contributed by atoms with Crippen molar-refractivity contribution in [2.75, 3.05) is 18.2 Å². The van der Waals surface area contributed by atoms with Crippen molar-refractivity contribution in [2.24, 2.45) is 0 Å². The molecular weight excluding hydrogens is 245 g/mol. The van der Waals surface area contributed by atoms with E-state index in [-0.39, 0.29) is 0 Å². The number of benzene rings is 2. The van der Waals surface area contributed by atoms with Crippen LogP contribution in [0.1, 0.15) is 5.56 Å². The van der Waals surface area contributed by atoms with Crippen molar-refractivity contribution in [2.45, 2.75) is 0 Å². The molecule has 0 radical (unpaired) electrons. The number of methoxy groups -OCH3 is 1. The Labute approximate surface area is 110 Å². The zero-order chi connectivity index (χ0) is 13.8. The van der Waals surface area contributed by atoms with Crippen LogP contribution in [0, 0.1) is 17.1 Å². The van der Waals surface area contributed by atoms with Gasteiger partial charge in [-0.1, -0.05) is 6.07 Å². The average Bonchev–Trinajstić information content (AvgIpc) is 2.43. The van der Waals surface area contributed by atoms with E-state index in [9.17, 15) is 4.39 Å². The molecule has 0 amide bonds. The number of anilines is 3. The third-order valence-corrected chi connectivity index (χ3v) is 2.64. The Balaban J connectivity index is 2.48. The number of nitrogens with one attached hydrogen (secondary N) is 1. The van der Waals surface area contributed by atoms with E-state index in [4.69, 9.17) is 15.7 Å². The molecule has 0 atom stereocenters. The highest BCUT2D eigenvalue weighted by molar-refractivity contribution is 5.78. The fraction of sp³-hybridized carbons (Fsp3) is 0.0714. The summed E-state index contributed by atoms with van der Waals surface area (Å²) in [4.78, 5) is 0. The van der Waals surface area contributed by atoms with Gasteiger partial charge in [0.15, 0.2) is 0 Å². The normalized spacial score (nSPS) is 9.74. The Morgan fingerprint density at radius 2 is 2.11 bits per heavy atom. The third-order valence-electron chi connectivity index (χ3n) is 2.64. The van der Waals surface area contributed by atoms with Crippen molar-refractivity contribution in [3.63, 3.8) is 0 Å². The number of halogens is 1. The fourth-order valence-electron chi connectivity index (χ4n) is 1.69. The van der Waals surface area contributed by atoms with Gasteiger partial charge in [-0.3, -0.25) is 0 Å². The van der Waals surface area contributed by atoms with Crippen molar-refractivity contribution in [1.29, 1.82) is 5.26 Å². The van der Waals surface area contributed by atoms with E-state index in [1.165, 1.54) is 25.3 Å². The maximum absolute atomic E-state index is 13.2. The Bertz CT molecular complexity index is 650. The molecule has 96 valence electrons. The molecule has 2 rings (SSSR count). The van der Waals surface area contributed by atoms with Crippen LogP contribution in [-0.2, 0) is 0 Å². The third kappa shape index (κ3) is 2.58. The number of hydrogen-bond acceptors (Lipinski definition) is 4. The molecule has 0 aliphatic rings. The summed E-state index contributed by atoms with van der Waals surface area (Å²) < 4.78 is 18.4. The van der Waals surface area contributed by atoms with Gasteiger partial charge in [-0.05, 0) is 30.3 Å². The van der Waals surface area contributed by atoms with Gasteiger partial charge in [-0.15, -0.1) is 0 Å². The van der Waals surface area contributed by atoms with Gasteiger partial charge in [-0.2, -0.15) is 5.26 Å². The predicted molar refractivity (Wildman–Crippen MR) is 71.8 cm³/mol. The molecule has 0 spiro atoms. The number of hydrogen-bond donors (Lipinski definition) is 2. The summed E-state index contributed by atoms with van der Waals surface area (Å²) >= 11 is 0. The molecule has 3 N–H and O–H groups in total. The lowest BCUT2D eigenvalue weighted by molar-refractivity contribution is 0.416. The number of nitrogens with two attached hydrogens (primary N) is 1. The minimum absolute atomic E-state index is 0.385. The Kier molecular flexibility index (Phi) is 3.53. The second-order valence-corrected chi connectivity index (χ2v) is 3.85. The number of ether oxygens (including phenoxy) is 1. The smallest absolute Gasteiger partial charge is 0.143 e. The van der Waals surface area contributed by atoms with Crippen LogP contribution in [0.4, 0.5) is 21.5 Å². The minimum atomic E-state index is -0.412. The van der Waals surface area contributed by atoms with E-state index in [2.05, 4.69) is 5.32 Å². The van der Waals surface area contributed by atoms with Gasteiger partial charge in [0.25, 0.3) is 0 Å². The Morgan fingerprint density at radius 3 is 2.79 bits per heavy atom. The number of nitriles is 1. The van der Waals surface area contributed by atoms with Crippen LogP contribution >= 0.6 is 0 Å². The highest BCUT2D eigenvalue weighted by Crippen LogP contribution is 2.33. The molecular formula is C14H12FN3O. The Hall–Kier alpha value is -2.74. The fourth-order valence-corrected chi connectivity index (χ4v) is 1.69. The van der Waals surface area contributed by atoms with E-state index >= 15 is 0 Å². The van der Waals surface area contributed by atoms with E-state index in [0.717, 1.165) is 0 Å². The summed E-state index contributed by atoms with van der Waals surface area (Å²) in [6, 6.07) is 11.1. The molecule has 0 fully saturated rings. The second-order valence-electron chi connectivity index (χ2n) is 3.85. The van der Waals surface area contributed by atoms with Gasteiger partial charge >= 0.3 is 0 Å². The molecule has 5 heteroatoms. The average molecular weight is 257 g/mol. The summed E-state index contributed by atoms with van der Waals surface area (Å²) in [5.74, 6) is 0.0767. The first-order valence-corrected chi connectivity index (χ1v) is 5.55. The first kappa shape index (κ1) is 12.7. The highest BCUT2D eigenvalue weighted by atomic mass is 19.1. The summed E-state index contributed by atoms with van der Waals surface area (Å²) in [6.07, 6.45) is 0. The first-order valence-electron chi connectivity index (χ1n) is 5.55. The molecule has 2 aromatic carbocycles. The quantitative estimate of drug-likeness (QED) is 0.829. The molecule has 19 heavy (non-hydrogen) atoms. The highest BCUT2D eigenvalue weighted by Gasteiger charge is 2.11. The van der Waals surface area contributed by atoms with Crippen molar-refractivity contribution in [3.05, 3.63) is 47.8 Å². The zero-order valence-corrected chi connectivity index (χ0v) is 10.3. The molecule has 0 heterocycles. The van der Waals surface area contributed by atoms with Crippen LogP contribution in [0.2, 0.25) is 0 Å². The van der Waals surface area contributed by atoms with Gasteiger partial charge in [0, 0.05) is 0 Å². The van der Waals surface area contributed by atoms with Crippen LogP contribution in [0.3, 0.4) is 0 Å². The molecule has 0 unspecified atom stereocenters. The maximum atomic E-state index is 13.2. The number of nitrogen functional groups attached to an aromatic ring is 1. The van der Waals surface area contributed by atoms with Crippen molar-refractivity contribution >= 4 is 17.1 Å². The summed E-state index contributed by atoms with van der Waals surface area (Å²) in [5.41, 5.74) is 7.40. The molecule has 0 bridgehead atoms. The summed E-state index contributed by atoms with van der Waals surface area (Å²) in [7, 11) is 1.50. The van der Waals surface area contributed by atoms with Crippen LogP contribution in [-0.4, -0.2) is 7.11 Å². The number of rotatable bonds is 3. The van der Waals surface area contributed by atoms with Crippen molar-refractivity contribution in [3.8, 4) is 11.8 Å². The predicted octanol–water partition coefficient (Wildman–Crippen LogP) is 3.03. The molecule has 2 aromatic rings. The molecule has 4 nitrogen and oxygen atoms in total. The summed E-state index contributed by atoms with van der Waals surface area (Å²) in [6.45, 7) is 0. The van der Waals surface area contributed by atoms with E-state index < -0.39 is 5.82 Å². The van der Waals surface area contributed by atoms with Gasteiger partial charge in [0.05, 0.1) is 29.7 Å². The van der Waals surface area contributed by atoms with Crippen molar-refractivity contribution in [1.82, 2.24) is 0 Å². The van der Waals surface area contributed by atoms with E-state index in [0.29, 0.717) is 28.4 Å². The van der Waals surface area contributed by atoms with Crippen LogP contribution in [0.15, 0.2) is 36.4 Å². The van der Waals surface area contributed by atoms with Crippen LogP contribution < -0.4 is 15.8 Å². The zero-order valence-electron chi connectivity index (χ0n) is 10.3. The lowest BCUT2D eigenvalue weighted by atomic mass is 10.1. The van der Waals surface area contributed by atoms with E-state index in [1.807, 2.05) is 6.07 Å². The largest absolute Gasteiger partial charge is 0.495 e. The Morgan fingerprint density at radius 1 is 1.32 bits per heavy atom. The van der Waals surface area contributed by atoms with Gasteiger partial charge in [0.2, 0.25) is 0 Å². The minimum Gasteiger partial charge on any atom is -0.495 e. The second kappa shape index (κ2) is 5.27. The number of para-hydroxylation sites is 1. The lowest BCUT2D eigenvalue weighted by Crippen LogP contribution is -2.01. The number of nitrogens with zero attached hydrogens (tertiary/aromatic N) is 1. The molecule has 0 aliphatic carbocycles. The lowest BCUT2D eigenvalue weighted by Gasteiger charge is -2.14. The first-order chi connectivity index (χ1) is 9.15. The molecule has 0 saturated carbocycles. The van der Waals surface area contributed by atoms with Crippen LogP contribution in [0.25, 0.3) is 0 Å². The maximum Gasteiger partial charge on any atom is 0.143 e. The van der Waals surface area contributed by atoms with Crippen LogP contribution in [0.5, 0.6) is 5.75 Å². The summed E-state index contributed by atoms with van der Waals surface area (Å²) in [5, 5.41) is 12.0. The van der Waals surface area contributed by atoms with Crippen molar-refractivity contribution < 1.29 is 9.13 Å². The standard InChI is InChI=1S/C14H12FN3O/c1-19-13-4-2-3-9(8-16)14(13)18-12-7-10(15)5-6-11(12)17/h2-7,18H,17H2,1H3.